The Morgan fingerprint density at radius 3 is 2.70 bits per heavy atom. The van der Waals surface area contributed by atoms with Gasteiger partial charge in [0, 0.05) is 37.0 Å². The highest BCUT2D eigenvalue weighted by Gasteiger charge is 2.09. The Balaban J connectivity index is 1.48. The van der Waals surface area contributed by atoms with E-state index in [-0.39, 0.29) is 5.91 Å². The van der Waals surface area contributed by atoms with E-state index in [2.05, 4.69) is 25.4 Å². The maximum Gasteiger partial charge on any atom is 0.226 e. The summed E-state index contributed by atoms with van der Waals surface area (Å²) in [6.07, 6.45) is 8.18. The van der Waals surface area contributed by atoms with Crippen LogP contribution in [0.1, 0.15) is 18.7 Å². The van der Waals surface area contributed by atoms with Crippen LogP contribution in [0.15, 0.2) is 53.6 Å². The van der Waals surface area contributed by atoms with Crippen LogP contribution < -0.4 is 5.32 Å². The first-order valence-corrected chi connectivity index (χ1v) is 7.24. The first kappa shape index (κ1) is 14.8. The summed E-state index contributed by atoms with van der Waals surface area (Å²) in [5.74, 6) is 0.955. The fourth-order valence-corrected chi connectivity index (χ4v) is 2.03. The highest BCUT2D eigenvalue weighted by atomic mass is 16.5. The van der Waals surface area contributed by atoms with E-state index < -0.39 is 0 Å². The minimum atomic E-state index is -0.0648. The summed E-state index contributed by atoms with van der Waals surface area (Å²) in [6, 6.07) is 7.24. The van der Waals surface area contributed by atoms with E-state index in [4.69, 9.17) is 4.52 Å². The Kier molecular flexibility index (Phi) is 4.68. The Labute approximate surface area is 132 Å². The maximum absolute atomic E-state index is 11.8. The Bertz CT molecular complexity index is 758. The molecule has 0 spiro atoms. The molecule has 0 aliphatic carbocycles. The maximum atomic E-state index is 11.8. The average molecular weight is 309 g/mol. The zero-order valence-electron chi connectivity index (χ0n) is 12.3. The Morgan fingerprint density at radius 2 is 1.96 bits per heavy atom. The standard InChI is InChI=1S/C16H15N5O2/c22-14(19-13-5-3-9-18-11-13)6-1-7-15-20-16(21-23-15)12-4-2-8-17-10-12/h2-5,8-11H,1,6-7H2,(H,19,22). The van der Waals surface area contributed by atoms with Crippen molar-refractivity contribution >= 4 is 11.6 Å². The van der Waals surface area contributed by atoms with Crippen molar-refractivity contribution in [3.63, 3.8) is 0 Å². The van der Waals surface area contributed by atoms with Gasteiger partial charge in [-0.2, -0.15) is 4.98 Å². The molecule has 0 unspecified atom stereocenters. The third-order valence-electron chi connectivity index (χ3n) is 3.13. The molecule has 7 nitrogen and oxygen atoms in total. The van der Waals surface area contributed by atoms with Crippen LogP contribution in [-0.4, -0.2) is 26.0 Å². The third-order valence-corrected chi connectivity index (χ3v) is 3.13. The molecule has 1 N–H and O–H groups in total. The number of carbonyl (C=O) groups excluding carboxylic acids is 1. The van der Waals surface area contributed by atoms with Crippen molar-refractivity contribution in [1.29, 1.82) is 0 Å². The minimum Gasteiger partial charge on any atom is -0.339 e. The molecule has 116 valence electrons. The number of aromatic nitrogens is 4. The minimum absolute atomic E-state index is 0.0648. The van der Waals surface area contributed by atoms with Gasteiger partial charge >= 0.3 is 0 Å². The van der Waals surface area contributed by atoms with Crippen LogP contribution in [0.5, 0.6) is 0 Å². The number of anilines is 1. The summed E-state index contributed by atoms with van der Waals surface area (Å²) in [5, 5.41) is 6.70. The van der Waals surface area contributed by atoms with Gasteiger partial charge in [0.1, 0.15) is 0 Å². The van der Waals surface area contributed by atoms with E-state index in [1.165, 1.54) is 0 Å². The summed E-state index contributed by atoms with van der Waals surface area (Å²) < 4.78 is 5.19. The van der Waals surface area contributed by atoms with Gasteiger partial charge in [-0.1, -0.05) is 5.16 Å². The highest BCUT2D eigenvalue weighted by Crippen LogP contribution is 2.14. The molecule has 0 atom stereocenters. The monoisotopic (exact) mass is 309 g/mol. The molecular formula is C16H15N5O2. The first-order valence-electron chi connectivity index (χ1n) is 7.24. The van der Waals surface area contributed by atoms with Crippen LogP contribution in [-0.2, 0) is 11.2 Å². The van der Waals surface area contributed by atoms with Crippen LogP contribution in [0.25, 0.3) is 11.4 Å². The van der Waals surface area contributed by atoms with Gasteiger partial charge in [0.2, 0.25) is 17.6 Å². The lowest BCUT2D eigenvalue weighted by atomic mass is 10.2. The van der Waals surface area contributed by atoms with E-state index in [1.807, 2.05) is 12.1 Å². The summed E-state index contributed by atoms with van der Waals surface area (Å²) in [5.41, 5.74) is 1.49. The number of hydrogen-bond donors (Lipinski definition) is 1. The quantitative estimate of drug-likeness (QED) is 0.752. The number of amides is 1. The highest BCUT2D eigenvalue weighted by molar-refractivity contribution is 5.90. The number of nitrogens with one attached hydrogen (secondary N) is 1. The van der Waals surface area contributed by atoms with E-state index in [0.29, 0.717) is 36.7 Å². The molecule has 23 heavy (non-hydrogen) atoms. The number of carbonyl (C=O) groups is 1. The molecule has 3 aromatic heterocycles. The number of nitrogens with zero attached hydrogens (tertiary/aromatic N) is 4. The second-order valence-electron chi connectivity index (χ2n) is 4.90. The van der Waals surface area contributed by atoms with Crippen LogP contribution >= 0.6 is 0 Å². The third kappa shape index (κ3) is 4.19. The van der Waals surface area contributed by atoms with Crippen molar-refractivity contribution in [3.8, 4) is 11.4 Å². The zero-order chi connectivity index (χ0) is 15.9. The van der Waals surface area contributed by atoms with Crippen molar-refractivity contribution in [2.75, 3.05) is 5.32 Å². The number of hydrogen-bond acceptors (Lipinski definition) is 6. The van der Waals surface area contributed by atoms with Gasteiger partial charge in [-0.15, -0.1) is 0 Å². The fourth-order valence-electron chi connectivity index (χ4n) is 2.03. The molecule has 3 aromatic rings. The summed E-state index contributed by atoms with van der Waals surface area (Å²) in [7, 11) is 0. The molecule has 0 bridgehead atoms. The molecule has 0 saturated carbocycles. The second-order valence-corrected chi connectivity index (χ2v) is 4.90. The molecule has 0 radical (unpaired) electrons. The molecule has 0 fully saturated rings. The summed E-state index contributed by atoms with van der Waals surface area (Å²) in [6.45, 7) is 0. The van der Waals surface area contributed by atoms with Gasteiger partial charge in [0.15, 0.2) is 0 Å². The molecule has 3 heterocycles. The van der Waals surface area contributed by atoms with Gasteiger partial charge in [-0.3, -0.25) is 14.8 Å². The Morgan fingerprint density at radius 1 is 1.13 bits per heavy atom. The number of aryl methyl sites for hydroxylation is 1. The first-order chi connectivity index (χ1) is 11.3. The molecule has 3 rings (SSSR count). The van der Waals surface area contributed by atoms with Gasteiger partial charge in [0.05, 0.1) is 11.9 Å². The van der Waals surface area contributed by atoms with Crippen molar-refractivity contribution in [3.05, 3.63) is 54.9 Å². The number of rotatable bonds is 6. The van der Waals surface area contributed by atoms with E-state index in [9.17, 15) is 4.79 Å². The lowest BCUT2D eigenvalue weighted by molar-refractivity contribution is -0.116. The largest absolute Gasteiger partial charge is 0.339 e. The SMILES string of the molecule is O=C(CCCc1nc(-c2cccnc2)no1)Nc1cccnc1. The van der Waals surface area contributed by atoms with Crippen LogP contribution in [0, 0.1) is 0 Å². The lowest BCUT2D eigenvalue weighted by Gasteiger charge is -2.03. The summed E-state index contributed by atoms with van der Waals surface area (Å²) >= 11 is 0. The lowest BCUT2D eigenvalue weighted by Crippen LogP contribution is -2.11. The van der Waals surface area contributed by atoms with E-state index >= 15 is 0 Å². The van der Waals surface area contributed by atoms with Crippen molar-refractivity contribution in [1.82, 2.24) is 20.1 Å². The van der Waals surface area contributed by atoms with Gasteiger partial charge < -0.3 is 9.84 Å². The van der Waals surface area contributed by atoms with Crippen LogP contribution in [0.3, 0.4) is 0 Å². The smallest absolute Gasteiger partial charge is 0.226 e. The molecule has 1 amide bonds. The number of pyridine rings is 2. The predicted octanol–water partition coefficient (Wildman–Crippen LogP) is 2.49. The topological polar surface area (TPSA) is 93.8 Å². The summed E-state index contributed by atoms with van der Waals surface area (Å²) in [4.78, 5) is 24.1. The molecule has 0 aliphatic heterocycles. The Hall–Kier alpha value is -3.09. The van der Waals surface area contributed by atoms with Crippen molar-refractivity contribution in [2.24, 2.45) is 0 Å². The molecule has 0 aromatic carbocycles. The van der Waals surface area contributed by atoms with Crippen molar-refractivity contribution in [2.45, 2.75) is 19.3 Å². The molecular weight excluding hydrogens is 294 g/mol. The average Bonchev–Trinajstić information content (AvgIpc) is 3.05. The second kappa shape index (κ2) is 7.26. The fraction of sp³-hybridized carbons (Fsp3) is 0.188. The van der Waals surface area contributed by atoms with Gasteiger partial charge in [0.25, 0.3) is 0 Å². The van der Waals surface area contributed by atoms with Gasteiger partial charge in [-0.05, 0) is 30.7 Å². The van der Waals surface area contributed by atoms with Crippen LogP contribution in [0.4, 0.5) is 5.69 Å². The van der Waals surface area contributed by atoms with Crippen molar-refractivity contribution < 1.29 is 9.32 Å². The predicted molar refractivity (Wildman–Crippen MR) is 83.3 cm³/mol. The molecule has 0 aliphatic rings. The van der Waals surface area contributed by atoms with Crippen LogP contribution in [0.2, 0.25) is 0 Å². The zero-order valence-corrected chi connectivity index (χ0v) is 12.3. The molecule has 0 saturated heterocycles. The molecule has 7 heteroatoms. The van der Waals surface area contributed by atoms with E-state index in [0.717, 1.165) is 5.56 Å². The normalized spacial score (nSPS) is 10.4. The van der Waals surface area contributed by atoms with Gasteiger partial charge in [-0.25, -0.2) is 0 Å². The van der Waals surface area contributed by atoms with E-state index in [1.54, 1.807) is 36.9 Å².